The first kappa shape index (κ1) is 23.1. The predicted octanol–water partition coefficient (Wildman–Crippen LogP) is 3.84. The van der Waals surface area contributed by atoms with Gasteiger partial charge in [0.15, 0.2) is 5.82 Å². The smallest absolute Gasteiger partial charge is 0.255 e. The van der Waals surface area contributed by atoms with Gasteiger partial charge in [-0.05, 0) is 81.3 Å². The van der Waals surface area contributed by atoms with E-state index in [0.29, 0.717) is 11.3 Å². The molecule has 8 nitrogen and oxygen atoms in total. The molecule has 33 heavy (non-hydrogen) atoms. The van der Waals surface area contributed by atoms with Crippen LogP contribution in [0.3, 0.4) is 0 Å². The van der Waals surface area contributed by atoms with E-state index in [1.807, 2.05) is 24.3 Å². The third-order valence-electron chi connectivity index (χ3n) is 6.20. The molecule has 3 aromatic rings. The Kier molecular flexibility index (Phi) is 6.62. The van der Waals surface area contributed by atoms with Gasteiger partial charge in [-0.15, -0.1) is 10.2 Å². The predicted molar refractivity (Wildman–Crippen MR) is 128 cm³/mol. The summed E-state index contributed by atoms with van der Waals surface area (Å²) in [6, 6.07) is 10.6. The van der Waals surface area contributed by atoms with Crippen LogP contribution in [-0.4, -0.2) is 36.1 Å². The fraction of sp³-hybridized carbons (Fsp3) is 0.375. The highest BCUT2D eigenvalue weighted by molar-refractivity contribution is 7.89. The number of aryl methyl sites for hydroxylation is 2. The summed E-state index contributed by atoms with van der Waals surface area (Å²) in [5.74, 6) is 1.51. The normalized spacial score (nSPS) is 14.3. The molecule has 0 spiro atoms. The molecule has 0 bridgehead atoms. The van der Waals surface area contributed by atoms with Crippen LogP contribution in [0.15, 0.2) is 41.3 Å². The number of benzene rings is 2. The van der Waals surface area contributed by atoms with Crippen LogP contribution < -0.4 is 10.0 Å². The second-order valence-corrected chi connectivity index (χ2v) is 10.3. The summed E-state index contributed by atoms with van der Waals surface area (Å²) in [5.41, 5.74) is 3.20. The minimum Gasteiger partial charge on any atom is -0.322 e. The molecule has 0 saturated heterocycles. The van der Waals surface area contributed by atoms with Crippen molar-refractivity contribution in [3.8, 4) is 11.4 Å². The maximum atomic E-state index is 12.9. The summed E-state index contributed by atoms with van der Waals surface area (Å²) in [5, 5.41) is 11.7. The van der Waals surface area contributed by atoms with E-state index in [9.17, 15) is 13.2 Å². The number of anilines is 1. The number of carbonyl (C=O) groups is 1. The fourth-order valence-electron chi connectivity index (χ4n) is 4.13. The Balaban J connectivity index is 1.55. The van der Waals surface area contributed by atoms with Crippen molar-refractivity contribution < 1.29 is 13.2 Å². The van der Waals surface area contributed by atoms with Crippen molar-refractivity contribution in [1.82, 2.24) is 19.5 Å². The van der Waals surface area contributed by atoms with Crippen molar-refractivity contribution in [2.45, 2.75) is 57.4 Å². The van der Waals surface area contributed by atoms with Crippen LogP contribution in [0, 0.1) is 13.8 Å². The van der Waals surface area contributed by atoms with Crippen LogP contribution >= 0.6 is 0 Å². The van der Waals surface area contributed by atoms with Crippen LogP contribution in [0.5, 0.6) is 0 Å². The first-order chi connectivity index (χ1) is 15.8. The first-order valence-electron chi connectivity index (χ1n) is 11.2. The van der Waals surface area contributed by atoms with Gasteiger partial charge in [-0.3, -0.25) is 4.79 Å². The van der Waals surface area contributed by atoms with Gasteiger partial charge in [0.05, 0.1) is 4.90 Å². The van der Waals surface area contributed by atoms with E-state index in [1.54, 1.807) is 19.9 Å². The fourth-order valence-corrected chi connectivity index (χ4v) is 5.19. The Morgan fingerprint density at radius 3 is 2.45 bits per heavy atom. The van der Waals surface area contributed by atoms with Crippen LogP contribution in [0.2, 0.25) is 0 Å². The second kappa shape index (κ2) is 9.44. The standard InChI is InChI=1S/C24H29N5O3S/c1-16-14-19(15-21(17(16)2)33(31,32)25-3)24(30)26-20-11-9-18(10-12-20)23-28-27-22-8-6-4-5-7-13-29(22)23/h9-12,14-15,25H,4-8,13H2,1-3H3,(H,26,30). The zero-order valence-corrected chi connectivity index (χ0v) is 20.0. The molecule has 0 atom stereocenters. The molecule has 4 rings (SSSR count). The molecule has 1 aliphatic heterocycles. The van der Waals surface area contributed by atoms with Crippen LogP contribution in [0.1, 0.15) is 53.0 Å². The number of hydrogen-bond acceptors (Lipinski definition) is 5. The molecule has 1 aromatic heterocycles. The molecule has 0 radical (unpaired) electrons. The SMILES string of the molecule is CNS(=O)(=O)c1cc(C(=O)Nc2ccc(-c3nnc4n3CCCCCC4)cc2)cc(C)c1C. The molecule has 174 valence electrons. The molecule has 2 heterocycles. The number of rotatable bonds is 5. The first-order valence-corrected chi connectivity index (χ1v) is 12.7. The highest BCUT2D eigenvalue weighted by atomic mass is 32.2. The van der Waals surface area contributed by atoms with Crippen LogP contribution in [0.4, 0.5) is 5.69 Å². The average molecular weight is 468 g/mol. The van der Waals surface area contributed by atoms with Gasteiger partial charge in [-0.25, -0.2) is 13.1 Å². The van der Waals surface area contributed by atoms with Gasteiger partial charge >= 0.3 is 0 Å². The summed E-state index contributed by atoms with van der Waals surface area (Å²) in [4.78, 5) is 13.0. The molecule has 0 fully saturated rings. The lowest BCUT2D eigenvalue weighted by molar-refractivity contribution is 0.102. The van der Waals surface area contributed by atoms with Gasteiger partial charge in [0.25, 0.3) is 5.91 Å². The average Bonchev–Trinajstić information content (AvgIpc) is 3.17. The molecular formula is C24H29N5O3S. The summed E-state index contributed by atoms with van der Waals surface area (Å²) in [6.07, 6.45) is 5.66. The summed E-state index contributed by atoms with van der Waals surface area (Å²) in [7, 11) is -2.31. The Morgan fingerprint density at radius 2 is 1.73 bits per heavy atom. The van der Waals surface area contributed by atoms with E-state index in [-0.39, 0.29) is 16.4 Å². The second-order valence-electron chi connectivity index (χ2n) is 8.41. The van der Waals surface area contributed by atoms with Crippen molar-refractivity contribution >= 4 is 21.6 Å². The molecule has 0 unspecified atom stereocenters. The lowest BCUT2D eigenvalue weighted by atomic mass is 10.1. The Bertz CT molecular complexity index is 1280. The molecule has 2 aromatic carbocycles. The monoisotopic (exact) mass is 467 g/mol. The zero-order chi connectivity index (χ0) is 23.6. The minimum atomic E-state index is -3.67. The van der Waals surface area contributed by atoms with Crippen molar-refractivity contribution in [3.63, 3.8) is 0 Å². The number of hydrogen-bond donors (Lipinski definition) is 2. The quantitative estimate of drug-likeness (QED) is 0.593. The van der Waals surface area contributed by atoms with Gasteiger partial charge in [0.2, 0.25) is 10.0 Å². The van der Waals surface area contributed by atoms with Crippen LogP contribution in [0.25, 0.3) is 11.4 Å². The number of nitrogens with one attached hydrogen (secondary N) is 2. The third kappa shape index (κ3) is 4.84. The summed E-state index contributed by atoms with van der Waals surface area (Å²) in [6.45, 7) is 4.44. The number of sulfonamides is 1. The molecule has 0 saturated carbocycles. The number of nitrogens with zero attached hydrogens (tertiary/aromatic N) is 3. The largest absolute Gasteiger partial charge is 0.322 e. The highest BCUT2D eigenvalue weighted by Gasteiger charge is 2.20. The van der Waals surface area contributed by atoms with E-state index in [2.05, 4.69) is 24.8 Å². The Labute approximate surface area is 194 Å². The van der Waals surface area contributed by atoms with Crippen molar-refractivity contribution in [2.24, 2.45) is 0 Å². The van der Waals surface area contributed by atoms with Gasteiger partial charge in [0.1, 0.15) is 5.82 Å². The van der Waals surface area contributed by atoms with Gasteiger partial charge < -0.3 is 9.88 Å². The molecule has 1 aliphatic rings. The van der Waals surface area contributed by atoms with Crippen LogP contribution in [-0.2, 0) is 23.0 Å². The van der Waals surface area contributed by atoms with Crippen molar-refractivity contribution in [3.05, 3.63) is 58.9 Å². The molecular weight excluding hydrogens is 438 g/mol. The highest BCUT2D eigenvalue weighted by Crippen LogP contribution is 2.25. The lowest BCUT2D eigenvalue weighted by Gasteiger charge is -2.14. The number of fused-ring (bicyclic) bond motifs is 1. The van der Waals surface area contributed by atoms with E-state index in [1.165, 1.54) is 26.0 Å². The maximum Gasteiger partial charge on any atom is 0.255 e. The van der Waals surface area contributed by atoms with Crippen molar-refractivity contribution in [2.75, 3.05) is 12.4 Å². The minimum absolute atomic E-state index is 0.105. The number of amides is 1. The summed E-state index contributed by atoms with van der Waals surface area (Å²) < 4.78 is 29.2. The van der Waals surface area contributed by atoms with Crippen molar-refractivity contribution in [1.29, 1.82) is 0 Å². The molecule has 0 aliphatic carbocycles. The van der Waals surface area contributed by atoms with E-state index in [4.69, 9.17) is 0 Å². The Hall–Kier alpha value is -3.04. The van der Waals surface area contributed by atoms with Gasteiger partial charge in [-0.2, -0.15) is 0 Å². The lowest BCUT2D eigenvalue weighted by Crippen LogP contribution is -2.21. The van der Waals surface area contributed by atoms with E-state index < -0.39 is 10.0 Å². The van der Waals surface area contributed by atoms with Gasteiger partial charge in [0, 0.05) is 29.8 Å². The summed E-state index contributed by atoms with van der Waals surface area (Å²) >= 11 is 0. The number of aromatic nitrogens is 3. The zero-order valence-electron chi connectivity index (χ0n) is 19.2. The number of carbonyl (C=O) groups excluding carboxylic acids is 1. The molecule has 1 amide bonds. The van der Waals surface area contributed by atoms with E-state index >= 15 is 0 Å². The maximum absolute atomic E-state index is 12.9. The Morgan fingerprint density at radius 1 is 1.00 bits per heavy atom. The third-order valence-corrected chi connectivity index (χ3v) is 7.74. The van der Waals surface area contributed by atoms with E-state index in [0.717, 1.165) is 48.6 Å². The molecule has 9 heteroatoms. The topological polar surface area (TPSA) is 106 Å². The molecule has 2 N–H and O–H groups in total. The van der Waals surface area contributed by atoms with Gasteiger partial charge in [-0.1, -0.05) is 12.8 Å².